The van der Waals surface area contributed by atoms with Crippen molar-refractivity contribution in [3.05, 3.63) is 24.0 Å². The van der Waals surface area contributed by atoms with Gasteiger partial charge in [0, 0.05) is 37.8 Å². The summed E-state index contributed by atoms with van der Waals surface area (Å²) in [6, 6.07) is 2.01. The number of hydrazine groups is 1. The largest absolute Gasteiger partial charge is 0.398 e. The van der Waals surface area contributed by atoms with Crippen LogP contribution in [0.3, 0.4) is 0 Å². The highest BCUT2D eigenvalue weighted by Crippen LogP contribution is 2.13. The standard InChI is InChI=1S/C11H20N4O/c1-16-6-2-3-10(15-13)7-9-8-14-5-4-11(9)12/h4-5,8,10,15H,2-3,6-7,13H2,1H3,(H2,12,14). The summed E-state index contributed by atoms with van der Waals surface area (Å²) in [6.45, 7) is 0.751. The maximum Gasteiger partial charge on any atom is 0.0462 e. The van der Waals surface area contributed by atoms with E-state index in [1.165, 1.54) is 0 Å². The van der Waals surface area contributed by atoms with Gasteiger partial charge >= 0.3 is 0 Å². The lowest BCUT2D eigenvalue weighted by atomic mass is 10.0. The van der Waals surface area contributed by atoms with Crippen molar-refractivity contribution in [3.8, 4) is 0 Å². The normalized spacial score (nSPS) is 12.6. The van der Waals surface area contributed by atoms with Gasteiger partial charge in [-0.25, -0.2) is 0 Å². The molecule has 1 aromatic rings. The molecule has 0 aliphatic rings. The van der Waals surface area contributed by atoms with Crippen molar-refractivity contribution in [2.24, 2.45) is 5.84 Å². The van der Waals surface area contributed by atoms with Gasteiger partial charge in [-0.3, -0.25) is 16.3 Å². The van der Waals surface area contributed by atoms with Crippen molar-refractivity contribution in [1.82, 2.24) is 10.4 Å². The quantitative estimate of drug-likeness (QED) is 0.356. The summed E-state index contributed by atoms with van der Waals surface area (Å²) in [5, 5.41) is 0. The smallest absolute Gasteiger partial charge is 0.0462 e. The number of anilines is 1. The van der Waals surface area contributed by atoms with E-state index in [9.17, 15) is 0 Å². The Morgan fingerprint density at radius 1 is 1.56 bits per heavy atom. The third-order valence-corrected chi connectivity index (χ3v) is 2.54. The molecule has 0 saturated carbocycles. The molecular formula is C11H20N4O. The first kappa shape index (κ1) is 12.9. The van der Waals surface area contributed by atoms with Gasteiger partial charge in [0.15, 0.2) is 0 Å². The number of hydrogen-bond acceptors (Lipinski definition) is 5. The summed E-state index contributed by atoms with van der Waals surface area (Å²) in [4.78, 5) is 4.06. The van der Waals surface area contributed by atoms with Crippen molar-refractivity contribution in [2.45, 2.75) is 25.3 Å². The maximum atomic E-state index is 5.85. The molecule has 0 amide bonds. The molecule has 1 heterocycles. The van der Waals surface area contributed by atoms with E-state index in [0.717, 1.165) is 37.1 Å². The third-order valence-electron chi connectivity index (χ3n) is 2.54. The van der Waals surface area contributed by atoms with E-state index >= 15 is 0 Å². The van der Waals surface area contributed by atoms with Gasteiger partial charge in [0.1, 0.15) is 0 Å². The van der Waals surface area contributed by atoms with Crippen LogP contribution in [0, 0.1) is 0 Å². The van der Waals surface area contributed by atoms with Crippen LogP contribution in [0.4, 0.5) is 5.69 Å². The summed E-state index contributed by atoms with van der Waals surface area (Å²) in [5.41, 5.74) is 10.4. The zero-order valence-electron chi connectivity index (χ0n) is 9.65. The van der Waals surface area contributed by atoms with Crippen LogP contribution in [0.5, 0.6) is 0 Å². The third kappa shape index (κ3) is 4.14. The molecule has 1 atom stereocenters. The second-order valence-corrected chi connectivity index (χ2v) is 3.78. The van der Waals surface area contributed by atoms with E-state index < -0.39 is 0 Å². The number of pyridine rings is 1. The lowest BCUT2D eigenvalue weighted by Crippen LogP contribution is -2.37. The molecule has 90 valence electrons. The number of nitrogens with one attached hydrogen (secondary N) is 1. The number of hydrogen-bond donors (Lipinski definition) is 3. The van der Waals surface area contributed by atoms with Gasteiger partial charge in [-0.15, -0.1) is 0 Å². The van der Waals surface area contributed by atoms with Crippen LogP contribution in [-0.4, -0.2) is 24.7 Å². The fraction of sp³-hybridized carbons (Fsp3) is 0.545. The molecule has 0 aliphatic carbocycles. The predicted molar refractivity (Wildman–Crippen MR) is 64.6 cm³/mol. The molecule has 0 saturated heterocycles. The first-order valence-electron chi connectivity index (χ1n) is 5.41. The molecule has 0 fully saturated rings. The molecule has 5 nitrogen and oxygen atoms in total. The monoisotopic (exact) mass is 224 g/mol. The van der Waals surface area contributed by atoms with Crippen LogP contribution in [0.15, 0.2) is 18.5 Å². The van der Waals surface area contributed by atoms with Crippen molar-refractivity contribution in [1.29, 1.82) is 0 Å². The Hall–Kier alpha value is -1.17. The number of nitrogens with two attached hydrogens (primary N) is 2. The summed E-state index contributed by atoms with van der Waals surface area (Å²) < 4.78 is 5.01. The van der Waals surface area contributed by atoms with Crippen molar-refractivity contribution in [3.63, 3.8) is 0 Å². The van der Waals surface area contributed by atoms with Gasteiger partial charge in [0.2, 0.25) is 0 Å². The molecule has 1 aromatic heterocycles. The second-order valence-electron chi connectivity index (χ2n) is 3.78. The van der Waals surface area contributed by atoms with Crippen LogP contribution >= 0.6 is 0 Å². The lowest BCUT2D eigenvalue weighted by Gasteiger charge is -2.16. The second kappa shape index (κ2) is 7.16. The van der Waals surface area contributed by atoms with Crippen LogP contribution in [0.2, 0.25) is 0 Å². The van der Waals surface area contributed by atoms with Crippen LogP contribution in [0.25, 0.3) is 0 Å². The van der Waals surface area contributed by atoms with Crippen LogP contribution in [-0.2, 0) is 11.2 Å². The van der Waals surface area contributed by atoms with E-state index in [1.54, 1.807) is 25.6 Å². The van der Waals surface area contributed by atoms with Gasteiger partial charge < -0.3 is 10.5 Å². The molecule has 0 bridgehead atoms. The highest BCUT2D eigenvalue weighted by molar-refractivity contribution is 5.44. The molecule has 1 rings (SSSR count). The van der Waals surface area contributed by atoms with E-state index in [0.29, 0.717) is 0 Å². The van der Waals surface area contributed by atoms with E-state index in [4.69, 9.17) is 16.3 Å². The van der Waals surface area contributed by atoms with Gasteiger partial charge in [-0.1, -0.05) is 0 Å². The highest BCUT2D eigenvalue weighted by Gasteiger charge is 2.09. The molecule has 1 unspecified atom stereocenters. The average Bonchev–Trinajstić information content (AvgIpc) is 2.30. The Morgan fingerprint density at radius 3 is 3.00 bits per heavy atom. The highest BCUT2D eigenvalue weighted by atomic mass is 16.5. The first-order chi connectivity index (χ1) is 7.77. The Bertz CT molecular complexity index is 306. The van der Waals surface area contributed by atoms with Gasteiger partial charge in [0.05, 0.1) is 0 Å². The molecule has 0 radical (unpaired) electrons. The van der Waals surface area contributed by atoms with Gasteiger partial charge in [0.25, 0.3) is 0 Å². The summed E-state index contributed by atoms with van der Waals surface area (Å²) in [7, 11) is 1.70. The van der Waals surface area contributed by atoms with Gasteiger partial charge in [-0.05, 0) is 30.9 Å². The molecule has 0 aromatic carbocycles. The molecule has 0 aliphatic heterocycles. The number of nitrogens with zero attached hydrogens (tertiary/aromatic N) is 1. The number of nitrogen functional groups attached to an aromatic ring is 1. The van der Waals surface area contributed by atoms with Crippen molar-refractivity contribution in [2.75, 3.05) is 19.5 Å². The van der Waals surface area contributed by atoms with Crippen LogP contribution < -0.4 is 17.0 Å². The summed E-state index contributed by atoms with van der Waals surface area (Å²) in [5.74, 6) is 5.50. The van der Waals surface area contributed by atoms with Gasteiger partial charge in [-0.2, -0.15) is 0 Å². The molecule has 5 heteroatoms. The Morgan fingerprint density at radius 2 is 2.38 bits per heavy atom. The molecular weight excluding hydrogens is 204 g/mol. The van der Waals surface area contributed by atoms with E-state index in [-0.39, 0.29) is 6.04 Å². The minimum Gasteiger partial charge on any atom is -0.398 e. The lowest BCUT2D eigenvalue weighted by molar-refractivity contribution is 0.188. The predicted octanol–water partition coefficient (Wildman–Crippen LogP) is 0.465. The Kier molecular flexibility index (Phi) is 5.77. The SMILES string of the molecule is COCCCC(Cc1cnccc1N)NN. The number of aromatic nitrogens is 1. The van der Waals surface area contributed by atoms with Crippen molar-refractivity contribution < 1.29 is 4.74 Å². The molecule has 0 spiro atoms. The number of rotatable bonds is 7. The number of ether oxygens (including phenoxy) is 1. The Balaban J connectivity index is 2.46. The minimum absolute atomic E-state index is 0.210. The topological polar surface area (TPSA) is 86.2 Å². The zero-order valence-corrected chi connectivity index (χ0v) is 9.65. The molecule has 16 heavy (non-hydrogen) atoms. The minimum atomic E-state index is 0.210. The Labute approximate surface area is 96.2 Å². The first-order valence-corrected chi connectivity index (χ1v) is 5.41. The molecule has 5 N–H and O–H groups in total. The summed E-state index contributed by atoms with van der Waals surface area (Å²) in [6.07, 6.45) is 6.20. The average molecular weight is 224 g/mol. The van der Waals surface area contributed by atoms with Crippen molar-refractivity contribution >= 4 is 5.69 Å². The van der Waals surface area contributed by atoms with Crippen LogP contribution in [0.1, 0.15) is 18.4 Å². The fourth-order valence-electron chi connectivity index (χ4n) is 1.59. The fourth-order valence-corrected chi connectivity index (χ4v) is 1.59. The number of methoxy groups -OCH3 is 1. The zero-order chi connectivity index (χ0) is 11.8. The summed E-state index contributed by atoms with van der Waals surface area (Å²) >= 11 is 0. The maximum absolute atomic E-state index is 5.85. The van der Waals surface area contributed by atoms with E-state index in [2.05, 4.69) is 10.4 Å². The van der Waals surface area contributed by atoms with E-state index in [1.807, 2.05) is 0 Å².